The summed E-state index contributed by atoms with van der Waals surface area (Å²) in [7, 11) is 0. The molecule has 0 saturated heterocycles. The Bertz CT molecular complexity index is 1710. The summed E-state index contributed by atoms with van der Waals surface area (Å²) in [6.07, 6.45) is 0. The minimum absolute atomic E-state index is 0.126. The highest BCUT2D eigenvalue weighted by atomic mass is 16.5. The monoisotopic (exact) mass is 442 g/mol. The topological polar surface area (TPSA) is 35.5 Å². The molecule has 3 nitrogen and oxygen atoms in total. The maximum absolute atomic E-state index is 6.29. The molecule has 164 valence electrons. The standard InChI is InChI=1S/C31H22O3/c1-31(2)23-8-4-6-10-28(23)34-30-18-20(12-14-24(30)31)26-16-15-25(32-26)19-11-13-22-21-7-3-5-9-27(21)33-29(22)17-19/h3-18H,1-2H3. The molecule has 34 heavy (non-hydrogen) atoms. The summed E-state index contributed by atoms with van der Waals surface area (Å²) in [6, 6.07) is 33.0. The first-order chi connectivity index (χ1) is 16.6. The van der Waals surface area contributed by atoms with Crippen LogP contribution in [-0.2, 0) is 5.41 Å². The molecule has 6 aromatic rings. The van der Waals surface area contributed by atoms with Gasteiger partial charge < -0.3 is 13.6 Å². The molecule has 0 spiro atoms. The van der Waals surface area contributed by atoms with Crippen LogP contribution in [0.15, 0.2) is 106 Å². The molecule has 0 fully saturated rings. The molecule has 1 aliphatic heterocycles. The number of hydrogen-bond donors (Lipinski definition) is 0. The minimum Gasteiger partial charge on any atom is -0.457 e. The third-order valence-electron chi connectivity index (χ3n) is 6.99. The number of fused-ring (bicyclic) bond motifs is 5. The van der Waals surface area contributed by atoms with Crippen LogP contribution in [0.2, 0.25) is 0 Å². The highest BCUT2D eigenvalue weighted by Gasteiger charge is 2.34. The molecule has 3 heterocycles. The maximum atomic E-state index is 6.29. The Balaban J connectivity index is 1.27. The lowest BCUT2D eigenvalue weighted by molar-refractivity contribution is 0.418. The Hall–Kier alpha value is -4.24. The van der Waals surface area contributed by atoms with Gasteiger partial charge >= 0.3 is 0 Å². The highest BCUT2D eigenvalue weighted by Crippen LogP contribution is 2.48. The number of benzene rings is 4. The normalized spacial score (nSPS) is 14.1. The van der Waals surface area contributed by atoms with Gasteiger partial charge in [-0.05, 0) is 42.5 Å². The van der Waals surface area contributed by atoms with Crippen LogP contribution < -0.4 is 4.74 Å². The molecule has 0 aliphatic carbocycles. The number of furan rings is 2. The van der Waals surface area contributed by atoms with Crippen molar-refractivity contribution in [3.05, 3.63) is 108 Å². The number of rotatable bonds is 2. The van der Waals surface area contributed by atoms with Gasteiger partial charge in [0.25, 0.3) is 0 Å². The van der Waals surface area contributed by atoms with E-state index in [9.17, 15) is 0 Å². The van der Waals surface area contributed by atoms with Crippen LogP contribution in [0.5, 0.6) is 11.5 Å². The number of hydrogen-bond acceptors (Lipinski definition) is 3. The molecule has 0 unspecified atom stereocenters. The predicted molar refractivity (Wildman–Crippen MR) is 136 cm³/mol. The summed E-state index contributed by atoms with van der Waals surface area (Å²) >= 11 is 0. The smallest absolute Gasteiger partial charge is 0.136 e. The van der Waals surface area contributed by atoms with E-state index in [4.69, 9.17) is 13.6 Å². The molecular formula is C31H22O3. The molecule has 1 aliphatic rings. The van der Waals surface area contributed by atoms with Crippen molar-refractivity contribution in [2.45, 2.75) is 19.3 Å². The fraction of sp³-hybridized carbons (Fsp3) is 0.0968. The second-order valence-electron chi connectivity index (χ2n) is 9.41. The van der Waals surface area contributed by atoms with Crippen LogP contribution >= 0.6 is 0 Å². The van der Waals surface area contributed by atoms with Crippen molar-refractivity contribution in [3.8, 4) is 34.1 Å². The van der Waals surface area contributed by atoms with Crippen LogP contribution in [-0.4, -0.2) is 0 Å². The fourth-order valence-corrected chi connectivity index (χ4v) is 5.14. The summed E-state index contributed by atoms with van der Waals surface area (Å²) in [5, 5.41) is 2.24. The lowest BCUT2D eigenvalue weighted by Crippen LogP contribution is -2.24. The quantitative estimate of drug-likeness (QED) is 0.268. The molecule has 0 saturated carbocycles. The maximum Gasteiger partial charge on any atom is 0.136 e. The summed E-state index contributed by atoms with van der Waals surface area (Å²) < 4.78 is 18.6. The van der Waals surface area contributed by atoms with Crippen LogP contribution in [0.1, 0.15) is 25.0 Å². The molecule has 3 heteroatoms. The molecule has 0 N–H and O–H groups in total. The van der Waals surface area contributed by atoms with Gasteiger partial charge in [0.05, 0.1) is 0 Å². The van der Waals surface area contributed by atoms with Crippen molar-refractivity contribution in [2.75, 3.05) is 0 Å². The minimum atomic E-state index is -0.126. The first-order valence-electron chi connectivity index (χ1n) is 11.5. The zero-order valence-electron chi connectivity index (χ0n) is 19.0. The van der Waals surface area contributed by atoms with Gasteiger partial charge in [-0.25, -0.2) is 0 Å². The molecule has 0 radical (unpaired) electrons. The zero-order chi connectivity index (χ0) is 22.9. The van der Waals surface area contributed by atoms with Crippen LogP contribution in [0.25, 0.3) is 44.6 Å². The summed E-state index contributed by atoms with van der Waals surface area (Å²) in [5.74, 6) is 3.41. The number of ether oxygens (including phenoxy) is 1. The zero-order valence-corrected chi connectivity index (χ0v) is 19.0. The third kappa shape index (κ3) is 2.77. The molecule has 4 aromatic carbocycles. The Morgan fingerprint density at radius 1 is 0.529 bits per heavy atom. The van der Waals surface area contributed by atoms with Gasteiger partial charge in [0.15, 0.2) is 0 Å². The average Bonchev–Trinajstić information content (AvgIpc) is 3.49. The van der Waals surface area contributed by atoms with Crippen molar-refractivity contribution in [3.63, 3.8) is 0 Å². The average molecular weight is 443 g/mol. The van der Waals surface area contributed by atoms with Crippen molar-refractivity contribution in [2.24, 2.45) is 0 Å². The van der Waals surface area contributed by atoms with Gasteiger partial charge in [0.1, 0.15) is 34.2 Å². The van der Waals surface area contributed by atoms with Gasteiger partial charge in [0.2, 0.25) is 0 Å². The van der Waals surface area contributed by atoms with Crippen molar-refractivity contribution < 1.29 is 13.6 Å². The van der Waals surface area contributed by atoms with Crippen molar-refractivity contribution in [1.82, 2.24) is 0 Å². The molecular weight excluding hydrogens is 420 g/mol. The van der Waals surface area contributed by atoms with E-state index in [1.54, 1.807) is 0 Å². The Kier molecular flexibility index (Phi) is 3.89. The van der Waals surface area contributed by atoms with E-state index in [1.807, 2.05) is 48.5 Å². The Morgan fingerprint density at radius 3 is 2.09 bits per heavy atom. The lowest BCUT2D eigenvalue weighted by Gasteiger charge is -2.34. The second kappa shape index (κ2) is 6.88. The van der Waals surface area contributed by atoms with Gasteiger partial charge in [0, 0.05) is 38.4 Å². The van der Waals surface area contributed by atoms with E-state index >= 15 is 0 Å². The van der Waals surface area contributed by atoms with Gasteiger partial charge in [-0.1, -0.05) is 68.4 Å². The number of para-hydroxylation sites is 2. The van der Waals surface area contributed by atoms with Crippen molar-refractivity contribution in [1.29, 1.82) is 0 Å². The molecule has 0 bridgehead atoms. The summed E-state index contributed by atoms with van der Waals surface area (Å²) in [6.45, 7) is 4.48. The lowest BCUT2D eigenvalue weighted by atomic mass is 9.75. The summed E-state index contributed by atoms with van der Waals surface area (Å²) in [4.78, 5) is 0. The molecule has 0 atom stereocenters. The SMILES string of the molecule is CC1(C)c2ccccc2Oc2cc(-c3ccc(-c4ccc5c(c4)oc4ccccc45)o3)ccc21. The van der Waals surface area contributed by atoms with Crippen molar-refractivity contribution >= 4 is 21.9 Å². The van der Waals surface area contributed by atoms with Crippen LogP contribution in [0, 0.1) is 0 Å². The third-order valence-corrected chi connectivity index (χ3v) is 6.99. The van der Waals surface area contributed by atoms with Gasteiger partial charge in [-0.2, -0.15) is 0 Å². The predicted octanol–water partition coefficient (Wildman–Crippen LogP) is 8.94. The molecule has 0 amide bonds. The van der Waals surface area contributed by atoms with E-state index in [2.05, 4.69) is 62.4 Å². The first kappa shape index (κ1) is 19.2. The van der Waals surface area contributed by atoms with Crippen LogP contribution in [0.3, 0.4) is 0 Å². The van der Waals surface area contributed by atoms with E-state index in [0.717, 1.165) is 56.1 Å². The summed E-state index contributed by atoms with van der Waals surface area (Å²) in [5.41, 5.74) is 5.99. The largest absolute Gasteiger partial charge is 0.457 e. The van der Waals surface area contributed by atoms with Gasteiger partial charge in [-0.3, -0.25) is 0 Å². The van der Waals surface area contributed by atoms with Crippen LogP contribution in [0.4, 0.5) is 0 Å². The first-order valence-corrected chi connectivity index (χ1v) is 11.5. The van der Waals surface area contributed by atoms with E-state index < -0.39 is 0 Å². The Labute approximate surface area is 197 Å². The second-order valence-corrected chi connectivity index (χ2v) is 9.41. The Morgan fingerprint density at radius 2 is 1.21 bits per heavy atom. The highest BCUT2D eigenvalue weighted by molar-refractivity contribution is 6.05. The molecule has 7 rings (SSSR count). The van der Waals surface area contributed by atoms with E-state index in [0.29, 0.717) is 0 Å². The van der Waals surface area contributed by atoms with Gasteiger partial charge in [-0.15, -0.1) is 0 Å². The molecule has 2 aromatic heterocycles. The fourth-order valence-electron chi connectivity index (χ4n) is 5.14. The van der Waals surface area contributed by atoms with E-state index in [-0.39, 0.29) is 5.41 Å². The van der Waals surface area contributed by atoms with E-state index in [1.165, 1.54) is 11.1 Å².